The molecular weight excluding hydrogens is 732 g/mol. The van der Waals surface area contributed by atoms with Crippen molar-refractivity contribution in [2.24, 2.45) is 5.92 Å². The Labute approximate surface area is 318 Å². The van der Waals surface area contributed by atoms with Gasteiger partial charge in [0.15, 0.2) is 0 Å². The number of rotatable bonds is 8. The molecule has 55 heavy (non-hydrogen) atoms. The minimum absolute atomic E-state index is 0.0255. The molecule has 3 aromatic rings. The van der Waals surface area contributed by atoms with Crippen molar-refractivity contribution in [3.8, 4) is 5.88 Å². The van der Waals surface area contributed by atoms with Crippen LogP contribution in [0.2, 0.25) is 0 Å². The average Bonchev–Trinajstić information content (AvgIpc) is 4.03. The van der Waals surface area contributed by atoms with Gasteiger partial charge in [-0.15, -0.1) is 0 Å². The van der Waals surface area contributed by atoms with Gasteiger partial charge in [-0.1, -0.05) is 31.9 Å². The van der Waals surface area contributed by atoms with E-state index in [0.29, 0.717) is 49.0 Å². The number of fused-ring (bicyclic) bond motifs is 3. The first kappa shape index (κ1) is 38.2. The van der Waals surface area contributed by atoms with E-state index in [-0.39, 0.29) is 42.9 Å². The Morgan fingerprint density at radius 3 is 2.62 bits per heavy atom. The van der Waals surface area contributed by atoms with Gasteiger partial charge in [0.05, 0.1) is 34.2 Å². The summed E-state index contributed by atoms with van der Waals surface area (Å²) in [5.74, 6) is -3.48. The largest absolute Gasteiger partial charge is 0.471 e. The zero-order valence-corrected chi connectivity index (χ0v) is 31.8. The summed E-state index contributed by atoms with van der Waals surface area (Å²) in [5.41, 5.74) is 0.330. The van der Waals surface area contributed by atoms with Crippen LogP contribution < -0.4 is 20.1 Å². The number of hydrogen-bond donors (Lipinski definition) is 3. The van der Waals surface area contributed by atoms with E-state index >= 15 is 0 Å². The van der Waals surface area contributed by atoms with Crippen molar-refractivity contribution in [1.82, 2.24) is 40.2 Å². The maximum absolute atomic E-state index is 14.6. The number of benzene rings is 1. The quantitative estimate of drug-likeness (QED) is 0.284. The van der Waals surface area contributed by atoms with E-state index < -0.39 is 73.9 Å². The van der Waals surface area contributed by atoms with Crippen LogP contribution in [-0.4, -0.2) is 91.9 Å². The summed E-state index contributed by atoms with van der Waals surface area (Å²) in [6.07, 6.45) is 10.2. The van der Waals surface area contributed by atoms with E-state index in [0.717, 1.165) is 12.8 Å². The maximum Gasteiger partial charge on any atom is 0.272 e. The van der Waals surface area contributed by atoms with Gasteiger partial charge in [0.1, 0.15) is 40.9 Å². The third-order valence-electron chi connectivity index (χ3n) is 11.1. The number of carbonyl (C=O) groups excluding carboxylic acids is 4. The molecule has 17 heteroatoms. The fourth-order valence-corrected chi connectivity index (χ4v) is 8.53. The number of nitrogens with zero attached hydrogens (tertiary/aromatic N) is 5. The third kappa shape index (κ3) is 7.89. The predicted octanol–water partition coefficient (Wildman–Crippen LogP) is 2.97. The molecule has 3 N–H and O–H groups in total. The normalized spacial score (nSPS) is 27.1. The molecule has 1 saturated heterocycles. The first-order valence-corrected chi connectivity index (χ1v) is 20.3. The first-order chi connectivity index (χ1) is 26.2. The number of nitrogens with one attached hydrogen (secondary N) is 3. The van der Waals surface area contributed by atoms with E-state index in [9.17, 15) is 32.0 Å². The second-order valence-corrected chi connectivity index (χ2v) is 17.4. The molecule has 2 aromatic heterocycles. The van der Waals surface area contributed by atoms with Gasteiger partial charge in [0, 0.05) is 24.6 Å². The summed E-state index contributed by atoms with van der Waals surface area (Å²) in [5, 5.41) is 5.67. The lowest BCUT2D eigenvalue weighted by molar-refractivity contribution is -0.141. The topological polar surface area (TPSA) is 203 Å². The molecule has 0 spiro atoms. The lowest BCUT2D eigenvalue weighted by Crippen LogP contribution is -2.58. The standard InChI is InChI=1S/C38H45FN8O7S/c1-4-26-34(44-29-16-24(39)12-13-27(29)42-26)54-25-17-31-33(49)45-38(36(51)46-55(52,53)37(3)14-15-37)18-23(38)10-8-6-5-7-9-11-28(35(50)47(31)21-25)43-32(48)30-20-40-22(2)19-41-30/h8,10,12-13,16,19-20,23,25,28,31H,4-7,9,11,14-15,17-18,21H2,1-3H3,(H,43,48)(H,45,49)(H,46,51)/b10-8-/t23-,25-,28?,31+,38-/m1/s1. The van der Waals surface area contributed by atoms with E-state index in [1.165, 1.54) is 35.5 Å². The first-order valence-electron chi connectivity index (χ1n) is 18.8. The van der Waals surface area contributed by atoms with Crippen LogP contribution in [0.3, 0.4) is 0 Å². The van der Waals surface area contributed by atoms with Crippen molar-refractivity contribution in [2.45, 2.75) is 113 Å². The lowest BCUT2D eigenvalue weighted by atomic mass is 10.0. The van der Waals surface area contributed by atoms with Crippen molar-refractivity contribution >= 4 is 44.7 Å². The van der Waals surface area contributed by atoms with Crippen LogP contribution in [0.15, 0.2) is 42.7 Å². The minimum atomic E-state index is -4.01. The molecule has 1 unspecified atom stereocenters. The number of halogens is 1. The van der Waals surface area contributed by atoms with Crippen LogP contribution in [0.4, 0.5) is 4.39 Å². The molecule has 4 aliphatic rings. The SMILES string of the molecule is CCc1nc2ccc(F)cc2nc1O[C@@H]1C[C@H]2C(=O)N[C@]3(C(=O)NS(=O)(=O)C4(C)CC4)C[C@H]3/C=C\CCCCCC(NC(=O)c3cnc(C)cn3)C(=O)N2C1. The molecule has 4 heterocycles. The van der Waals surface area contributed by atoms with Gasteiger partial charge in [0.25, 0.3) is 11.8 Å². The van der Waals surface area contributed by atoms with Crippen molar-refractivity contribution in [3.63, 3.8) is 0 Å². The maximum atomic E-state index is 14.6. The number of amides is 4. The Hall–Kier alpha value is -5.06. The van der Waals surface area contributed by atoms with Gasteiger partial charge in [-0.3, -0.25) is 28.9 Å². The number of aromatic nitrogens is 4. The second-order valence-electron chi connectivity index (χ2n) is 15.2. The molecule has 0 bridgehead atoms. The van der Waals surface area contributed by atoms with Gasteiger partial charge >= 0.3 is 0 Å². The average molecular weight is 777 g/mol. The predicted molar refractivity (Wildman–Crippen MR) is 197 cm³/mol. The number of ether oxygens (including phenoxy) is 1. The van der Waals surface area contributed by atoms with Crippen LogP contribution >= 0.6 is 0 Å². The van der Waals surface area contributed by atoms with Gasteiger partial charge in [-0.25, -0.2) is 27.8 Å². The highest BCUT2D eigenvalue weighted by atomic mass is 32.2. The number of sulfonamides is 1. The van der Waals surface area contributed by atoms with Crippen molar-refractivity contribution in [3.05, 3.63) is 65.6 Å². The van der Waals surface area contributed by atoms with Crippen molar-refractivity contribution in [2.75, 3.05) is 6.54 Å². The van der Waals surface area contributed by atoms with Crippen molar-refractivity contribution in [1.29, 1.82) is 0 Å². The molecule has 5 atom stereocenters. The summed E-state index contributed by atoms with van der Waals surface area (Å²) in [6.45, 7) is 5.08. The molecule has 0 radical (unpaired) electrons. The highest BCUT2D eigenvalue weighted by molar-refractivity contribution is 7.91. The Morgan fingerprint density at radius 2 is 1.89 bits per heavy atom. The monoisotopic (exact) mass is 776 g/mol. The molecular formula is C38H45FN8O7S. The number of aryl methyl sites for hydroxylation is 2. The van der Waals surface area contributed by atoms with Crippen LogP contribution in [-0.2, 0) is 30.8 Å². The Balaban J connectivity index is 1.21. The van der Waals surface area contributed by atoms with Crippen LogP contribution in [0.5, 0.6) is 5.88 Å². The lowest BCUT2D eigenvalue weighted by Gasteiger charge is -2.30. The summed E-state index contributed by atoms with van der Waals surface area (Å²) >= 11 is 0. The number of allylic oxidation sites excluding steroid dienone is 1. The Kier molecular flexibility index (Phi) is 10.3. The molecule has 3 fully saturated rings. The smallest absolute Gasteiger partial charge is 0.272 e. The van der Waals surface area contributed by atoms with Crippen molar-refractivity contribution < 1.29 is 36.7 Å². The van der Waals surface area contributed by atoms with Crippen LogP contribution in [0.1, 0.15) is 93.5 Å². The Bertz CT molecular complexity index is 2160. The molecule has 2 aliphatic heterocycles. The zero-order chi connectivity index (χ0) is 39.1. The second kappa shape index (κ2) is 14.9. The molecule has 7 rings (SSSR count). The number of hydrogen-bond acceptors (Lipinski definition) is 11. The molecule has 15 nitrogen and oxygen atoms in total. The summed E-state index contributed by atoms with van der Waals surface area (Å²) in [7, 11) is -4.01. The van der Waals surface area contributed by atoms with Gasteiger partial charge in [-0.05, 0) is 70.9 Å². The molecule has 2 saturated carbocycles. The highest BCUT2D eigenvalue weighted by Gasteiger charge is 2.63. The number of carbonyl (C=O) groups is 4. The zero-order valence-electron chi connectivity index (χ0n) is 31.0. The van der Waals surface area contributed by atoms with E-state index in [4.69, 9.17) is 4.74 Å². The van der Waals surface area contributed by atoms with Crippen LogP contribution in [0, 0.1) is 18.7 Å². The summed E-state index contributed by atoms with van der Waals surface area (Å²) in [6, 6.07) is 1.83. The van der Waals surface area contributed by atoms with Gasteiger partial charge < -0.3 is 20.3 Å². The highest BCUT2D eigenvalue weighted by Crippen LogP contribution is 2.47. The van der Waals surface area contributed by atoms with Gasteiger partial charge in [0.2, 0.25) is 27.7 Å². The van der Waals surface area contributed by atoms with E-state index in [1.54, 1.807) is 13.8 Å². The minimum Gasteiger partial charge on any atom is -0.471 e. The van der Waals surface area contributed by atoms with Crippen LogP contribution in [0.25, 0.3) is 11.0 Å². The fourth-order valence-electron chi connectivity index (χ4n) is 7.22. The molecule has 292 valence electrons. The van der Waals surface area contributed by atoms with E-state index in [2.05, 4.69) is 35.3 Å². The van der Waals surface area contributed by atoms with E-state index in [1.807, 2.05) is 19.1 Å². The molecule has 1 aromatic carbocycles. The fraction of sp³-hybridized carbons (Fsp3) is 0.526. The molecule has 2 aliphatic carbocycles. The molecule has 4 amide bonds. The summed E-state index contributed by atoms with van der Waals surface area (Å²) in [4.78, 5) is 75.0. The third-order valence-corrected chi connectivity index (χ3v) is 13.2. The Morgan fingerprint density at radius 1 is 1.09 bits per heavy atom. The van der Waals surface area contributed by atoms with Gasteiger partial charge in [-0.2, -0.15) is 0 Å². The summed E-state index contributed by atoms with van der Waals surface area (Å²) < 4.78 is 48.0.